The lowest BCUT2D eigenvalue weighted by molar-refractivity contribution is -0.121. The van der Waals surface area contributed by atoms with Crippen molar-refractivity contribution in [3.63, 3.8) is 0 Å². The van der Waals surface area contributed by atoms with E-state index in [1.807, 2.05) is 34.9 Å². The van der Waals surface area contributed by atoms with Crippen molar-refractivity contribution in [2.45, 2.75) is 45.6 Å². The molecule has 30 heavy (non-hydrogen) atoms. The maximum atomic E-state index is 13.1. The molecule has 2 heterocycles. The highest BCUT2D eigenvalue weighted by molar-refractivity contribution is 7.73. The molecule has 0 saturated carbocycles. The first kappa shape index (κ1) is 20.7. The summed E-state index contributed by atoms with van der Waals surface area (Å²) in [6.07, 6.45) is 7.91. The second-order valence-electron chi connectivity index (χ2n) is 7.45. The van der Waals surface area contributed by atoms with Gasteiger partial charge in [-0.3, -0.25) is 18.7 Å². The van der Waals surface area contributed by atoms with Crippen molar-refractivity contribution in [1.82, 2.24) is 19.4 Å². The molecule has 8 heteroatoms. The number of carbonyl (C=O) groups is 1. The molecule has 1 aliphatic carbocycles. The van der Waals surface area contributed by atoms with Crippen LogP contribution in [-0.2, 0) is 11.3 Å². The van der Waals surface area contributed by atoms with Gasteiger partial charge in [-0.05, 0) is 63.4 Å². The number of benzene rings is 1. The molecule has 1 N–H and O–H groups in total. The first-order valence-electron chi connectivity index (χ1n) is 10.2. The molecule has 1 amide bonds. The summed E-state index contributed by atoms with van der Waals surface area (Å²) in [6, 6.07) is 9.63. The molecule has 0 atom stereocenters. The zero-order valence-corrected chi connectivity index (χ0v) is 18.5. The van der Waals surface area contributed by atoms with E-state index in [1.165, 1.54) is 34.3 Å². The number of aromatic nitrogens is 3. The zero-order chi connectivity index (χ0) is 21.1. The van der Waals surface area contributed by atoms with E-state index in [-0.39, 0.29) is 18.0 Å². The maximum Gasteiger partial charge on any atom is 0.273 e. The van der Waals surface area contributed by atoms with E-state index < -0.39 is 0 Å². The van der Waals surface area contributed by atoms with Gasteiger partial charge in [-0.1, -0.05) is 41.2 Å². The van der Waals surface area contributed by atoms with Crippen molar-refractivity contribution in [2.24, 2.45) is 0 Å². The van der Waals surface area contributed by atoms with Crippen LogP contribution in [0.1, 0.15) is 37.9 Å². The number of hydrogen-bond donors (Lipinski definition) is 1. The Kier molecular flexibility index (Phi) is 6.24. The standard InChI is InChI=1S/C22H24N4O2S2/c1-15-24-20-19(30-22(29)26(20)17-10-6-3-7-11-17)21(28)25(15)14-18(27)23-13-12-16-8-4-2-5-9-16/h3,6-8,10-11H,2,4-5,9,12-14H2,1H3,(H,23,27). The number of nitrogens with zero attached hydrogens (tertiary/aromatic N) is 3. The molecule has 0 bridgehead atoms. The highest BCUT2D eigenvalue weighted by atomic mass is 32.1. The number of rotatable bonds is 6. The van der Waals surface area contributed by atoms with Gasteiger partial charge in [0.2, 0.25) is 5.91 Å². The lowest BCUT2D eigenvalue weighted by Gasteiger charge is -2.14. The van der Waals surface area contributed by atoms with Gasteiger partial charge >= 0.3 is 0 Å². The molecule has 2 aromatic heterocycles. The Labute approximate surface area is 183 Å². The summed E-state index contributed by atoms with van der Waals surface area (Å²) in [5.74, 6) is 0.318. The van der Waals surface area contributed by atoms with E-state index in [9.17, 15) is 9.59 Å². The molecular weight excluding hydrogens is 416 g/mol. The summed E-state index contributed by atoms with van der Waals surface area (Å²) >= 11 is 6.73. The smallest absolute Gasteiger partial charge is 0.273 e. The minimum atomic E-state index is -0.228. The average Bonchev–Trinajstić information content (AvgIpc) is 3.08. The van der Waals surface area contributed by atoms with Crippen LogP contribution < -0.4 is 10.9 Å². The van der Waals surface area contributed by atoms with E-state index >= 15 is 0 Å². The molecule has 6 nitrogen and oxygen atoms in total. The molecule has 1 aliphatic rings. The lowest BCUT2D eigenvalue weighted by Crippen LogP contribution is -2.34. The first-order valence-corrected chi connectivity index (χ1v) is 11.4. The third-order valence-corrected chi connectivity index (χ3v) is 6.71. The number of allylic oxidation sites excluding steroid dienone is 1. The van der Waals surface area contributed by atoms with Crippen molar-refractivity contribution < 1.29 is 4.79 Å². The topological polar surface area (TPSA) is 68.9 Å². The summed E-state index contributed by atoms with van der Waals surface area (Å²) < 4.78 is 4.27. The molecule has 156 valence electrons. The van der Waals surface area contributed by atoms with Gasteiger partial charge in [0.25, 0.3) is 5.56 Å². The van der Waals surface area contributed by atoms with E-state index in [2.05, 4.69) is 16.4 Å². The Hall–Kier alpha value is -2.58. The monoisotopic (exact) mass is 440 g/mol. The van der Waals surface area contributed by atoms with E-state index in [4.69, 9.17) is 12.2 Å². The van der Waals surface area contributed by atoms with Crippen molar-refractivity contribution in [2.75, 3.05) is 6.54 Å². The highest BCUT2D eigenvalue weighted by Crippen LogP contribution is 2.23. The SMILES string of the molecule is Cc1nc2c(sc(=S)n2-c2ccccc2)c(=O)n1CC(=O)NCCC1=CCCCC1. The van der Waals surface area contributed by atoms with Crippen LogP contribution >= 0.6 is 23.6 Å². The van der Waals surface area contributed by atoms with Crippen LogP contribution in [0.4, 0.5) is 0 Å². The van der Waals surface area contributed by atoms with Crippen LogP contribution in [0.15, 0.2) is 46.8 Å². The lowest BCUT2D eigenvalue weighted by atomic mass is 9.97. The average molecular weight is 441 g/mol. The Morgan fingerprint density at radius 1 is 1.27 bits per heavy atom. The third-order valence-electron chi connectivity index (χ3n) is 5.35. The summed E-state index contributed by atoms with van der Waals surface area (Å²) in [6.45, 7) is 2.30. The normalized spacial score (nSPS) is 14.0. The Bertz CT molecular complexity index is 1220. The number of para-hydroxylation sites is 1. The molecule has 0 saturated heterocycles. The molecule has 1 aromatic carbocycles. The van der Waals surface area contributed by atoms with Crippen molar-refractivity contribution >= 4 is 39.8 Å². The molecule has 0 unspecified atom stereocenters. The van der Waals surface area contributed by atoms with Crippen molar-refractivity contribution in [3.05, 3.63) is 62.1 Å². The summed E-state index contributed by atoms with van der Waals surface area (Å²) in [5.41, 5.74) is 2.60. The molecule has 4 rings (SSSR count). The molecule has 0 spiro atoms. The zero-order valence-electron chi connectivity index (χ0n) is 16.9. The van der Waals surface area contributed by atoms with Crippen LogP contribution in [0.3, 0.4) is 0 Å². The summed E-state index contributed by atoms with van der Waals surface area (Å²) in [7, 11) is 0. The first-order chi connectivity index (χ1) is 14.5. The van der Waals surface area contributed by atoms with Crippen LogP contribution in [-0.4, -0.2) is 26.6 Å². The van der Waals surface area contributed by atoms with Crippen LogP contribution in [0, 0.1) is 10.9 Å². The second-order valence-corrected chi connectivity index (χ2v) is 9.09. The predicted molar refractivity (Wildman–Crippen MR) is 123 cm³/mol. The van der Waals surface area contributed by atoms with E-state index in [0.717, 1.165) is 24.9 Å². The van der Waals surface area contributed by atoms with E-state index in [1.54, 1.807) is 6.92 Å². The number of fused-ring (bicyclic) bond motifs is 1. The number of hydrogen-bond acceptors (Lipinski definition) is 5. The summed E-state index contributed by atoms with van der Waals surface area (Å²) in [5, 5.41) is 2.93. The number of aryl methyl sites for hydroxylation is 1. The Morgan fingerprint density at radius 2 is 2.07 bits per heavy atom. The van der Waals surface area contributed by atoms with Gasteiger partial charge in [-0.15, -0.1) is 0 Å². The van der Waals surface area contributed by atoms with Gasteiger partial charge in [-0.25, -0.2) is 4.98 Å². The summed E-state index contributed by atoms with van der Waals surface area (Å²) in [4.78, 5) is 30.2. The predicted octanol–water partition coefficient (Wildman–Crippen LogP) is 4.29. The Balaban J connectivity index is 1.55. The number of amides is 1. The van der Waals surface area contributed by atoms with Gasteiger partial charge in [0.1, 0.15) is 17.1 Å². The number of carbonyl (C=O) groups excluding carboxylic acids is 1. The third kappa shape index (κ3) is 4.29. The van der Waals surface area contributed by atoms with Gasteiger partial charge in [0.05, 0.1) is 0 Å². The van der Waals surface area contributed by atoms with Crippen molar-refractivity contribution in [3.8, 4) is 5.69 Å². The van der Waals surface area contributed by atoms with Gasteiger partial charge in [0, 0.05) is 12.2 Å². The number of thiazole rings is 1. The molecule has 0 fully saturated rings. The Morgan fingerprint density at radius 3 is 2.80 bits per heavy atom. The molecule has 0 aliphatic heterocycles. The fraction of sp³-hybridized carbons (Fsp3) is 0.364. The fourth-order valence-corrected chi connectivity index (χ4v) is 5.10. The number of nitrogens with one attached hydrogen (secondary N) is 1. The van der Waals surface area contributed by atoms with Crippen LogP contribution in [0.25, 0.3) is 16.0 Å². The molecular formula is C22H24N4O2S2. The van der Waals surface area contributed by atoms with Crippen molar-refractivity contribution in [1.29, 1.82) is 0 Å². The maximum absolute atomic E-state index is 13.1. The molecule has 0 radical (unpaired) electrons. The minimum Gasteiger partial charge on any atom is -0.354 e. The molecule has 3 aromatic rings. The second kappa shape index (κ2) is 9.06. The highest BCUT2D eigenvalue weighted by Gasteiger charge is 2.17. The van der Waals surface area contributed by atoms with Crippen LogP contribution in [0.5, 0.6) is 0 Å². The van der Waals surface area contributed by atoms with Gasteiger partial charge in [-0.2, -0.15) is 0 Å². The van der Waals surface area contributed by atoms with Gasteiger partial charge < -0.3 is 5.32 Å². The fourth-order valence-electron chi connectivity index (χ4n) is 3.77. The van der Waals surface area contributed by atoms with E-state index in [0.29, 0.717) is 26.7 Å². The minimum absolute atomic E-state index is 0.0390. The largest absolute Gasteiger partial charge is 0.354 e. The quantitative estimate of drug-likeness (QED) is 0.459. The van der Waals surface area contributed by atoms with Gasteiger partial charge in [0.15, 0.2) is 9.60 Å². The van der Waals surface area contributed by atoms with Crippen LogP contribution in [0.2, 0.25) is 0 Å².